The minimum absolute atomic E-state index is 0.634. The number of nitrogens with one attached hydrogen (secondary N) is 1. The third-order valence-corrected chi connectivity index (χ3v) is 3.69. The molecule has 0 bridgehead atoms. The molecule has 1 rings (SSSR count). The van der Waals surface area contributed by atoms with Crippen LogP contribution in [-0.4, -0.2) is 12.6 Å². The summed E-state index contributed by atoms with van der Waals surface area (Å²) >= 11 is 0. The van der Waals surface area contributed by atoms with Crippen molar-refractivity contribution in [3.05, 3.63) is 35.4 Å². The molecular formula is C18H31N. The highest BCUT2D eigenvalue weighted by Gasteiger charge is 2.09. The Labute approximate surface area is 119 Å². The number of rotatable bonds is 9. The highest BCUT2D eigenvalue weighted by Crippen LogP contribution is 2.13. The second kappa shape index (κ2) is 9.14. The Morgan fingerprint density at radius 2 is 1.58 bits per heavy atom. The first-order chi connectivity index (χ1) is 9.15. The average molecular weight is 261 g/mol. The molecule has 0 saturated carbocycles. The Morgan fingerprint density at radius 1 is 0.947 bits per heavy atom. The first kappa shape index (κ1) is 16.2. The molecule has 1 aromatic rings. The van der Waals surface area contributed by atoms with Gasteiger partial charge in [-0.1, -0.05) is 52.0 Å². The fraction of sp³-hybridized carbons (Fsp3) is 0.667. The molecule has 1 unspecified atom stereocenters. The zero-order chi connectivity index (χ0) is 14.1. The van der Waals surface area contributed by atoms with Gasteiger partial charge in [0.15, 0.2) is 0 Å². The number of aryl methyl sites for hydroxylation is 1. The van der Waals surface area contributed by atoms with Crippen LogP contribution in [0.1, 0.15) is 58.1 Å². The quantitative estimate of drug-likeness (QED) is 0.685. The van der Waals surface area contributed by atoms with Crippen LogP contribution in [0.15, 0.2) is 24.3 Å². The highest BCUT2D eigenvalue weighted by atomic mass is 14.9. The molecule has 0 fully saturated rings. The molecule has 1 nitrogen and oxygen atoms in total. The van der Waals surface area contributed by atoms with Crippen LogP contribution < -0.4 is 5.32 Å². The van der Waals surface area contributed by atoms with Crippen LogP contribution in [0.25, 0.3) is 0 Å². The van der Waals surface area contributed by atoms with Crippen molar-refractivity contribution in [2.45, 2.75) is 65.8 Å². The second-order valence-corrected chi connectivity index (χ2v) is 6.00. The Kier molecular flexibility index (Phi) is 7.81. The maximum Gasteiger partial charge on any atom is 0.0108 e. The smallest absolute Gasteiger partial charge is 0.0108 e. The zero-order valence-corrected chi connectivity index (χ0v) is 13.2. The largest absolute Gasteiger partial charge is 0.314 e. The van der Waals surface area contributed by atoms with E-state index < -0.39 is 0 Å². The molecule has 0 saturated heterocycles. The van der Waals surface area contributed by atoms with Crippen molar-refractivity contribution >= 4 is 0 Å². The normalized spacial score (nSPS) is 12.9. The third kappa shape index (κ3) is 6.77. The van der Waals surface area contributed by atoms with E-state index in [9.17, 15) is 0 Å². The van der Waals surface area contributed by atoms with Gasteiger partial charge in [0.2, 0.25) is 0 Å². The van der Waals surface area contributed by atoms with Crippen LogP contribution in [-0.2, 0) is 12.8 Å². The minimum Gasteiger partial charge on any atom is -0.314 e. The maximum atomic E-state index is 3.70. The molecule has 0 aliphatic rings. The van der Waals surface area contributed by atoms with E-state index in [-0.39, 0.29) is 0 Å². The van der Waals surface area contributed by atoms with Gasteiger partial charge in [-0.3, -0.25) is 0 Å². The van der Waals surface area contributed by atoms with Crippen molar-refractivity contribution in [2.24, 2.45) is 5.92 Å². The fourth-order valence-electron chi connectivity index (χ4n) is 2.35. The molecule has 19 heavy (non-hydrogen) atoms. The van der Waals surface area contributed by atoms with E-state index in [1.807, 2.05) is 0 Å². The van der Waals surface area contributed by atoms with Crippen molar-refractivity contribution in [1.82, 2.24) is 5.32 Å². The summed E-state index contributed by atoms with van der Waals surface area (Å²) in [6, 6.07) is 9.78. The summed E-state index contributed by atoms with van der Waals surface area (Å²) in [6.07, 6.45) is 6.11. The number of hydrogen-bond acceptors (Lipinski definition) is 1. The lowest BCUT2D eigenvalue weighted by molar-refractivity contribution is 0.427. The van der Waals surface area contributed by atoms with Crippen molar-refractivity contribution in [1.29, 1.82) is 0 Å². The van der Waals surface area contributed by atoms with Gasteiger partial charge in [0.1, 0.15) is 0 Å². The Hall–Kier alpha value is -0.820. The van der Waals surface area contributed by atoms with E-state index in [1.165, 1.54) is 30.4 Å². The predicted molar refractivity (Wildman–Crippen MR) is 85.7 cm³/mol. The van der Waals surface area contributed by atoms with Gasteiger partial charge in [0.05, 0.1) is 0 Å². The monoisotopic (exact) mass is 261 g/mol. The van der Waals surface area contributed by atoms with Crippen LogP contribution >= 0.6 is 0 Å². The lowest BCUT2D eigenvalue weighted by Crippen LogP contribution is -2.32. The van der Waals surface area contributed by atoms with Crippen molar-refractivity contribution in [2.75, 3.05) is 6.54 Å². The van der Waals surface area contributed by atoms with Gasteiger partial charge in [-0.2, -0.15) is 0 Å². The maximum absolute atomic E-state index is 3.70. The van der Waals surface area contributed by atoms with E-state index in [0.717, 1.165) is 25.3 Å². The first-order valence-corrected chi connectivity index (χ1v) is 7.96. The molecule has 1 heteroatoms. The Bertz CT molecular complexity index is 326. The molecule has 0 radical (unpaired) electrons. The number of hydrogen-bond donors (Lipinski definition) is 1. The minimum atomic E-state index is 0.634. The van der Waals surface area contributed by atoms with Crippen LogP contribution in [0.3, 0.4) is 0 Å². The topological polar surface area (TPSA) is 12.0 Å². The molecule has 0 spiro atoms. The van der Waals surface area contributed by atoms with Crippen LogP contribution in [0.4, 0.5) is 0 Å². The molecule has 0 aliphatic carbocycles. The SMILES string of the molecule is CCCNC(CCC(C)C)Cc1ccc(CC)cc1. The van der Waals surface area contributed by atoms with Crippen LogP contribution in [0.2, 0.25) is 0 Å². The molecule has 0 aromatic heterocycles. The molecular weight excluding hydrogens is 230 g/mol. The van der Waals surface area contributed by atoms with E-state index in [4.69, 9.17) is 0 Å². The van der Waals surface area contributed by atoms with Crippen molar-refractivity contribution in [3.63, 3.8) is 0 Å². The van der Waals surface area contributed by atoms with Gasteiger partial charge in [0, 0.05) is 6.04 Å². The molecule has 1 atom stereocenters. The predicted octanol–water partition coefficient (Wildman–Crippen LogP) is 4.60. The highest BCUT2D eigenvalue weighted by molar-refractivity contribution is 5.23. The van der Waals surface area contributed by atoms with E-state index in [0.29, 0.717) is 6.04 Å². The van der Waals surface area contributed by atoms with Gasteiger partial charge in [-0.15, -0.1) is 0 Å². The first-order valence-electron chi connectivity index (χ1n) is 7.96. The third-order valence-electron chi connectivity index (χ3n) is 3.69. The molecule has 1 N–H and O–H groups in total. The second-order valence-electron chi connectivity index (χ2n) is 6.00. The van der Waals surface area contributed by atoms with Gasteiger partial charge < -0.3 is 5.32 Å². The van der Waals surface area contributed by atoms with E-state index >= 15 is 0 Å². The molecule has 1 aromatic carbocycles. The standard InChI is InChI=1S/C18H31N/c1-5-13-19-18(12-7-15(3)4)14-17-10-8-16(6-2)9-11-17/h8-11,15,18-19H,5-7,12-14H2,1-4H3. The summed E-state index contributed by atoms with van der Waals surface area (Å²) in [5, 5.41) is 3.70. The van der Waals surface area contributed by atoms with E-state index in [2.05, 4.69) is 57.3 Å². The summed E-state index contributed by atoms with van der Waals surface area (Å²) < 4.78 is 0. The van der Waals surface area contributed by atoms with Gasteiger partial charge >= 0.3 is 0 Å². The summed E-state index contributed by atoms with van der Waals surface area (Å²) in [6.45, 7) is 10.2. The van der Waals surface area contributed by atoms with Gasteiger partial charge in [0.25, 0.3) is 0 Å². The fourth-order valence-corrected chi connectivity index (χ4v) is 2.35. The van der Waals surface area contributed by atoms with Crippen molar-refractivity contribution in [3.8, 4) is 0 Å². The number of benzene rings is 1. The molecule has 108 valence electrons. The Balaban J connectivity index is 2.53. The molecule has 0 heterocycles. The van der Waals surface area contributed by atoms with Crippen LogP contribution in [0, 0.1) is 5.92 Å². The summed E-state index contributed by atoms with van der Waals surface area (Å²) in [5.41, 5.74) is 2.90. The molecule has 0 amide bonds. The summed E-state index contributed by atoms with van der Waals surface area (Å²) in [4.78, 5) is 0. The lowest BCUT2D eigenvalue weighted by atomic mass is 9.97. The van der Waals surface area contributed by atoms with Crippen LogP contribution in [0.5, 0.6) is 0 Å². The van der Waals surface area contributed by atoms with Crippen molar-refractivity contribution < 1.29 is 0 Å². The summed E-state index contributed by atoms with van der Waals surface area (Å²) in [7, 11) is 0. The van der Waals surface area contributed by atoms with Gasteiger partial charge in [-0.25, -0.2) is 0 Å². The lowest BCUT2D eigenvalue weighted by Gasteiger charge is -2.20. The molecule has 0 aliphatic heterocycles. The van der Waals surface area contributed by atoms with Gasteiger partial charge in [-0.05, 0) is 55.7 Å². The Morgan fingerprint density at radius 3 is 2.11 bits per heavy atom. The summed E-state index contributed by atoms with van der Waals surface area (Å²) in [5.74, 6) is 0.799. The average Bonchev–Trinajstić information content (AvgIpc) is 2.42. The van der Waals surface area contributed by atoms with E-state index in [1.54, 1.807) is 0 Å². The zero-order valence-electron chi connectivity index (χ0n) is 13.2.